The second kappa shape index (κ2) is 6.49. The van der Waals surface area contributed by atoms with Gasteiger partial charge < -0.3 is 10.1 Å². The van der Waals surface area contributed by atoms with Crippen molar-refractivity contribution in [1.82, 2.24) is 5.32 Å². The second-order valence-corrected chi connectivity index (χ2v) is 5.13. The molecular formula is C13H25NO. The second-order valence-electron chi connectivity index (χ2n) is 5.13. The zero-order valence-electron chi connectivity index (χ0n) is 9.84. The fraction of sp³-hybridized carbons (Fsp3) is 1.00. The van der Waals surface area contributed by atoms with Gasteiger partial charge in [0.05, 0.1) is 12.7 Å². The van der Waals surface area contributed by atoms with Gasteiger partial charge in [0, 0.05) is 6.54 Å². The Hall–Kier alpha value is -0.0800. The van der Waals surface area contributed by atoms with Gasteiger partial charge in [0.1, 0.15) is 0 Å². The number of nitrogens with one attached hydrogen (secondary N) is 1. The van der Waals surface area contributed by atoms with Crippen molar-refractivity contribution >= 4 is 0 Å². The molecule has 0 bridgehead atoms. The third kappa shape index (κ3) is 4.12. The SMILES string of the molecule is C1CCC(CNCCOC2CCCC2)C1. The Balaban J connectivity index is 1.41. The third-order valence-corrected chi connectivity index (χ3v) is 3.84. The molecule has 0 saturated heterocycles. The molecule has 0 aromatic rings. The fourth-order valence-corrected chi connectivity index (χ4v) is 2.87. The van der Waals surface area contributed by atoms with Gasteiger partial charge in [0.15, 0.2) is 0 Å². The van der Waals surface area contributed by atoms with Crippen molar-refractivity contribution in [2.24, 2.45) is 5.92 Å². The zero-order valence-corrected chi connectivity index (χ0v) is 9.84. The highest BCUT2D eigenvalue weighted by molar-refractivity contribution is 4.70. The van der Waals surface area contributed by atoms with Crippen LogP contribution in [0.15, 0.2) is 0 Å². The van der Waals surface area contributed by atoms with Gasteiger partial charge in [-0.25, -0.2) is 0 Å². The molecule has 0 amide bonds. The van der Waals surface area contributed by atoms with E-state index < -0.39 is 0 Å². The molecule has 0 aromatic heterocycles. The highest BCUT2D eigenvalue weighted by Crippen LogP contribution is 2.23. The standard InChI is InChI=1S/C13H25NO/c1-2-6-12(5-1)11-14-9-10-15-13-7-3-4-8-13/h12-14H,1-11H2. The van der Waals surface area contributed by atoms with Crippen molar-refractivity contribution in [2.45, 2.75) is 57.5 Å². The molecule has 0 unspecified atom stereocenters. The lowest BCUT2D eigenvalue weighted by Crippen LogP contribution is -2.26. The van der Waals surface area contributed by atoms with E-state index in [9.17, 15) is 0 Å². The molecule has 2 heteroatoms. The van der Waals surface area contributed by atoms with Crippen LogP contribution in [0.25, 0.3) is 0 Å². The van der Waals surface area contributed by atoms with Crippen LogP contribution >= 0.6 is 0 Å². The molecule has 15 heavy (non-hydrogen) atoms. The first-order valence-corrected chi connectivity index (χ1v) is 6.77. The maximum Gasteiger partial charge on any atom is 0.0594 e. The molecule has 0 aliphatic heterocycles. The minimum absolute atomic E-state index is 0.582. The summed E-state index contributed by atoms with van der Waals surface area (Å²) in [7, 11) is 0. The van der Waals surface area contributed by atoms with Crippen LogP contribution < -0.4 is 5.32 Å². The summed E-state index contributed by atoms with van der Waals surface area (Å²) < 4.78 is 5.81. The summed E-state index contributed by atoms with van der Waals surface area (Å²) in [5.41, 5.74) is 0. The number of hydrogen-bond acceptors (Lipinski definition) is 2. The molecule has 2 saturated carbocycles. The van der Waals surface area contributed by atoms with Crippen LogP contribution in [0.4, 0.5) is 0 Å². The summed E-state index contributed by atoms with van der Waals surface area (Å²) in [6.45, 7) is 3.18. The first-order chi connectivity index (χ1) is 7.45. The fourth-order valence-electron chi connectivity index (χ4n) is 2.87. The molecule has 2 rings (SSSR count). The highest BCUT2D eigenvalue weighted by atomic mass is 16.5. The summed E-state index contributed by atoms with van der Waals surface area (Å²) in [6.07, 6.45) is 11.7. The normalized spacial score (nSPS) is 24.0. The van der Waals surface area contributed by atoms with Crippen molar-refractivity contribution in [2.75, 3.05) is 19.7 Å². The van der Waals surface area contributed by atoms with E-state index >= 15 is 0 Å². The van der Waals surface area contributed by atoms with Gasteiger partial charge in [-0.3, -0.25) is 0 Å². The minimum atomic E-state index is 0.582. The quantitative estimate of drug-likeness (QED) is 0.682. The summed E-state index contributed by atoms with van der Waals surface area (Å²) in [5, 5.41) is 3.53. The Morgan fingerprint density at radius 1 is 0.933 bits per heavy atom. The monoisotopic (exact) mass is 211 g/mol. The molecule has 1 N–H and O–H groups in total. The Kier molecular flexibility index (Phi) is 4.94. The summed E-state index contributed by atoms with van der Waals surface area (Å²) >= 11 is 0. The van der Waals surface area contributed by atoms with Crippen LogP contribution in [0.3, 0.4) is 0 Å². The molecule has 2 fully saturated rings. The molecule has 0 spiro atoms. The van der Waals surface area contributed by atoms with E-state index in [4.69, 9.17) is 4.74 Å². The van der Waals surface area contributed by atoms with E-state index in [0.717, 1.165) is 19.1 Å². The Morgan fingerprint density at radius 2 is 1.60 bits per heavy atom. The van der Waals surface area contributed by atoms with Crippen LogP contribution in [0.2, 0.25) is 0 Å². The van der Waals surface area contributed by atoms with Crippen molar-refractivity contribution in [3.05, 3.63) is 0 Å². The van der Waals surface area contributed by atoms with Crippen molar-refractivity contribution in [1.29, 1.82) is 0 Å². The van der Waals surface area contributed by atoms with Crippen LogP contribution in [0, 0.1) is 5.92 Å². The molecule has 2 nitrogen and oxygen atoms in total. The smallest absolute Gasteiger partial charge is 0.0594 e. The van der Waals surface area contributed by atoms with Gasteiger partial charge in [0.25, 0.3) is 0 Å². The third-order valence-electron chi connectivity index (χ3n) is 3.84. The van der Waals surface area contributed by atoms with Gasteiger partial charge in [-0.2, -0.15) is 0 Å². The maximum atomic E-state index is 5.81. The summed E-state index contributed by atoms with van der Waals surface area (Å²) in [4.78, 5) is 0. The van der Waals surface area contributed by atoms with E-state index in [-0.39, 0.29) is 0 Å². The van der Waals surface area contributed by atoms with Gasteiger partial charge in [-0.05, 0) is 38.1 Å². The van der Waals surface area contributed by atoms with Gasteiger partial charge in [-0.15, -0.1) is 0 Å². The lowest BCUT2D eigenvalue weighted by atomic mass is 10.1. The molecule has 0 atom stereocenters. The molecule has 0 aromatic carbocycles. The Bertz CT molecular complexity index is 142. The van der Waals surface area contributed by atoms with Crippen LogP contribution in [-0.4, -0.2) is 25.8 Å². The van der Waals surface area contributed by atoms with Crippen LogP contribution in [0.1, 0.15) is 51.4 Å². The zero-order chi connectivity index (χ0) is 10.3. The predicted molar refractivity (Wildman–Crippen MR) is 63.0 cm³/mol. The molecular weight excluding hydrogens is 186 g/mol. The Labute approximate surface area is 93.8 Å². The van der Waals surface area contributed by atoms with E-state index in [1.54, 1.807) is 0 Å². The number of ether oxygens (including phenoxy) is 1. The van der Waals surface area contributed by atoms with Crippen molar-refractivity contribution < 1.29 is 4.74 Å². The highest BCUT2D eigenvalue weighted by Gasteiger charge is 2.15. The molecule has 88 valence electrons. The van der Waals surface area contributed by atoms with Crippen LogP contribution in [0.5, 0.6) is 0 Å². The summed E-state index contributed by atoms with van der Waals surface area (Å²) in [5.74, 6) is 0.955. The largest absolute Gasteiger partial charge is 0.377 e. The average Bonchev–Trinajstić information content (AvgIpc) is 2.88. The van der Waals surface area contributed by atoms with Crippen molar-refractivity contribution in [3.8, 4) is 0 Å². The molecule has 2 aliphatic rings. The van der Waals surface area contributed by atoms with Gasteiger partial charge in [-0.1, -0.05) is 25.7 Å². The van der Waals surface area contributed by atoms with Crippen molar-refractivity contribution in [3.63, 3.8) is 0 Å². The maximum absolute atomic E-state index is 5.81. The van der Waals surface area contributed by atoms with E-state index in [1.165, 1.54) is 57.9 Å². The first kappa shape index (κ1) is 11.4. The molecule has 0 radical (unpaired) electrons. The topological polar surface area (TPSA) is 21.3 Å². The van der Waals surface area contributed by atoms with E-state index in [2.05, 4.69) is 5.32 Å². The average molecular weight is 211 g/mol. The lowest BCUT2D eigenvalue weighted by molar-refractivity contribution is 0.0600. The first-order valence-electron chi connectivity index (χ1n) is 6.77. The summed E-state index contributed by atoms with van der Waals surface area (Å²) in [6, 6.07) is 0. The number of rotatable bonds is 6. The molecule has 2 aliphatic carbocycles. The lowest BCUT2D eigenvalue weighted by Gasteiger charge is -2.13. The predicted octanol–water partition coefficient (Wildman–Crippen LogP) is 2.73. The van der Waals surface area contributed by atoms with Gasteiger partial charge in [0.2, 0.25) is 0 Å². The Morgan fingerprint density at radius 3 is 2.33 bits per heavy atom. The van der Waals surface area contributed by atoms with Crippen LogP contribution in [-0.2, 0) is 4.74 Å². The molecule has 0 heterocycles. The van der Waals surface area contributed by atoms with E-state index in [0.29, 0.717) is 6.10 Å². The van der Waals surface area contributed by atoms with Gasteiger partial charge >= 0.3 is 0 Å². The minimum Gasteiger partial charge on any atom is -0.377 e. The number of hydrogen-bond donors (Lipinski definition) is 1. The van der Waals surface area contributed by atoms with E-state index in [1.807, 2.05) is 0 Å².